The van der Waals surface area contributed by atoms with Crippen molar-refractivity contribution in [1.82, 2.24) is 20.9 Å². The van der Waals surface area contributed by atoms with Crippen LogP contribution in [0.1, 0.15) is 52.9 Å². The Morgan fingerprint density at radius 2 is 1.95 bits per heavy atom. The summed E-state index contributed by atoms with van der Waals surface area (Å²) in [6.45, 7) is 6.71. The van der Waals surface area contributed by atoms with E-state index in [0.29, 0.717) is 38.3 Å². The molecule has 2 aliphatic heterocycles. The number of fused-ring (bicyclic) bond motifs is 5. The number of likely N-dealkylation sites (tertiary alicyclic amines) is 1. The first-order valence-electron chi connectivity index (χ1n) is 13.8. The number of carbonyl (C=O) groups excluding carboxylic acids is 4. The summed E-state index contributed by atoms with van der Waals surface area (Å²) in [5, 5.41) is 18.4. The molecule has 2 saturated carbocycles. The van der Waals surface area contributed by atoms with Crippen molar-refractivity contribution in [3.05, 3.63) is 12.2 Å². The van der Waals surface area contributed by atoms with Crippen molar-refractivity contribution in [1.29, 1.82) is 5.26 Å². The van der Waals surface area contributed by atoms with Crippen molar-refractivity contribution >= 4 is 23.6 Å². The Morgan fingerprint density at radius 1 is 1.24 bits per heavy atom. The first kappa shape index (κ1) is 26.7. The molecule has 0 aromatic heterocycles. The van der Waals surface area contributed by atoms with Crippen molar-refractivity contribution in [2.24, 2.45) is 35.0 Å². The number of carbonyl (C=O) groups is 4. The number of hydrogen-bond donors (Lipinski definition) is 3. The van der Waals surface area contributed by atoms with Crippen LogP contribution >= 0.6 is 0 Å². The summed E-state index contributed by atoms with van der Waals surface area (Å²) in [4.78, 5) is 54.8. The van der Waals surface area contributed by atoms with E-state index in [-0.39, 0.29) is 53.7 Å². The van der Waals surface area contributed by atoms with Gasteiger partial charge in [-0.1, -0.05) is 32.9 Å². The number of allylic oxidation sites excluding steroid dienone is 2. The fourth-order valence-corrected chi connectivity index (χ4v) is 7.05. The summed E-state index contributed by atoms with van der Waals surface area (Å²) in [5.41, 5.74) is -1.48. The molecular formula is C28H39N5O5. The van der Waals surface area contributed by atoms with Gasteiger partial charge in [0.2, 0.25) is 17.7 Å². The minimum atomic E-state index is -0.877. The molecule has 3 aliphatic carbocycles. The second-order valence-electron chi connectivity index (χ2n) is 12.8. The van der Waals surface area contributed by atoms with E-state index in [1.165, 1.54) is 7.11 Å². The molecule has 10 nitrogen and oxygen atoms in total. The standard InChI is InChI=1S/C28H39N5O5/c1-27(2,3)22(32-26(37)28(38-4)8-9-28)25(36)33-14-19-15-5-6-16(11-15)20(19)21(33)24(35)31-18(13-29)12-17-7-10-30-23(17)34/h5-6,15-22H,7-12,14H2,1-4H3,(H,30,34)(H,31,35)(H,32,37)/t15-,16+,17+,18+,19-,20+,21+,22-/m1/s1. The van der Waals surface area contributed by atoms with Gasteiger partial charge in [-0.3, -0.25) is 19.2 Å². The van der Waals surface area contributed by atoms with E-state index in [2.05, 4.69) is 34.2 Å². The van der Waals surface area contributed by atoms with Crippen LogP contribution in [-0.2, 0) is 23.9 Å². The molecule has 3 N–H and O–H groups in total. The number of amides is 4. The molecule has 0 unspecified atom stereocenters. The molecule has 0 spiro atoms. The van der Waals surface area contributed by atoms with E-state index in [1.807, 2.05) is 20.8 Å². The lowest BCUT2D eigenvalue weighted by molar-refractivity contribution is -0.147. The number of nitrogens with zero attached hydrogens (tertiary/aromatic N) is 2. The van der Waals surface area contributed by atoms with Crippen molar-refractivity contribution in [2.75, 3.05) is 20.2 Å². The second-order valence-corrected chi connectivity index (χ2v) is 12.8. The summed E-state index contributed by atoms with van der Waals surface area (Å²) in [5.74, 6) is -0.691. The van der Waals surface area contributed by atoms with Crippen LogP contribution < -0.4 is 16.0 Å². The zero-order valence-corrected chi connectivity index (χ0v) is 22.7. The number of methoxy groups -OCH3 is 1. The highest BCUT2D eigenvalue weighted by Crippen LogP contribution is 2.54. The molecule has 0 radical (unpaired) electrons. The van der Waals surface area contributed by atoms with E-state index in [0.717, 1.165) is 6.42 Å². The summed E-state index contributed by atoms with van der Waals surface area (Å²) in [6.07, 6.45) is 7.43. The average molecular weight is 526 g/mol. The predicted octanol–water partition coefficient (Wildman–Crippen LogP) is 0.880. The van der Waals surface area contributed by atoms with Gasteiger partial charge in [0.25, 0.3) is 5.91 Å². The number of ether oxygens (including phenoxy) is 1. The van der Waals surface area contributed by atoms with Crippen molar-refractivity contribution in [3.8, 4) is 6.07 Å². The Bertz CT molecular complexity index is 1090. The maximum absolute atomic E-state index is 14.2. The molecular weight excluding hydrogens is 486 g/mol. The Morgan fingerprint density at radius 3 is 2.53 bits per heavy atom. The van der Waals surface area contributed by atoms with Crippen LogP contribution in [-0.4, -0.2) is 72.5 Å². The van der Waals surface area contributed by atoms with Gasteiger partial charge < -0.3 is 25.6 Å². The Hall–Kier alpha value is -2.93. The molecule has 5 rings (SSSR count). The Kier molecular flexibility index (Phi) is 6.79. The lowest BCUT2D eigenvalue weighted by atomic mass is 9.81. The van der Waals surface area contributed by atoms with E-state index in [4.69, 9.17) is 4.74 Å². The van der Waals surface area contributed by atoms with E-state index < -0.39 is 29.1 Å². The minimum absolute atomic E-state index is 0.0341. The van der Waals surface area contributed by atoms with E-state index in [9.17, 15) is 24.4 Å². The summed E-state index contributed by atoms with van der Waals surface area (Å²) >= 11 is 0. The Labute approximate surface area is 223 Å². The smallest absolute Gasteiger partial charge is 0.252 e. The van der Waals surface area contributed by atoms with E-state index in [1.54, 1.807) is 4.90 Å². The molecule has 2 bridgehead atoms. The van der Waals surface area contributed by atoms with Crippen LogP contribution in [0.5, 0.6) is 0 Å². The zero-order chi connectivity index (χ0) is 27.4. The summed E-state index contributed by atoms with van der Waals surface area (Å²) in [7, 11) is 1.51. The molecule has 206 valence electrons. The molecule has 0 aromatic rings. The van der Waals surface area contributed by atoms with Crippen LogP contribution in [0.3, 0.4) is 0 Å². The monoisotopic (exact) mass is 525 g/mol. The zero-order valence-electron chi connectivity index (χ0n) is 22.7. The van der Waals surface area contributed by atoms with Crippen molar-refractivity contribution < 1.29 is 23.9 Å². The van der Waals surface area contributed by atoms with Gasteiger partial charge in [-0.15, -0.1) is 0 Å². The minimum Gasteiger partial charge on any atom is -0.368 e. The van der Waals surface area contributed by atoms with Crippen molar-refractivity contribution in [3.63, 3.8) is 0 Å². The molecule has 10 heteroatoms. The van der Waals surface area contributed by atoms with Gasteiger partial charge in [0.1, 0.15) is 23.7 Å². The molecule has 2 saturated heterocycles. The lowest BCUT2D eigenvalue weighted by Crippen LogP contribution is -2.60. The maximum atomic E-state index is 14.2. The molecule has 38 heavy (non-hydrogen) atoms. The van der Waals surface area contributed by atoms with Crippen molar-refractivity contribution in [2.45, 2.75) is 76.6 Å². The number of rotatable bonds is 8. The highest BCUT2D eigenvalue weighted by Gasteiger charge is 2.59. The van der Waals surface area contributed by atoms with Crippen LogP contribution in [0.15, 0.2) is 12.2 Å². The van der Waals surface area contributed by atoms with Gasteiger partial charge in [-0.25, -0.2) is 0 Å². The fraction of sp³-hybridized carbons (Fsp3) is 0.750. The fourth-order valence-electron chi connectivity index (χ4n) is 7.05. The van der Waals surface area contributed by atoms with Gasteiger partial charge >= 0.3 is 0 Å². The number of nitriles is 1. The average Bonchev–Trinajstić information content (AvgIpc) is 3.19. The third-order valence-electron chi connectivity index (χ3n) is 9.40. The highest BCUT2D eigenvalue weighted by atomic mass is 16.5. The number of hydrogen-bond acceptors (Lipinski definition) is 6. The largest absolute Gasteiger partial charge is 0.368 e. The van der Waals surface area contributed by atoms with E-state index >= 15 is 0 Å². The molecule has 5 aliphatic rings. The molecule has 0 aromatic carbocycles. The predicted molar refractivity (Wildman–Crippen MR) is 137 cm³/mol. The van der Waals surface area contributed by atoms with Gasteiger partial charge in [-0.2, -0.15) is 5.26 Å². The first-order chi connectivity index (χ1) is 18.0. The highest BCUT2D eigenvalue weighted by molar-refractivity contribution is 5.96. The first-order valence-corrected chi connectivity index (χ1v) is 13.8. The molecule has 4 amide bonds. The van der Waals surface area contributed by atoms with Crippen LogP contribution in [0, 0.1) is 46.3 Å². The van der Waals surface area contributed by atoms with Crippen LogP contribution in [0.2, 0.25) is 0 Å². The van der Waals surface area contributed by atoms with Crippen LogP contribution in [0.4, 0.5) is 0 Å². The summed E-state index contributed by atoms with van der Waals surface area (Å²) < 4.78 is 5.44. The quantitative estimate of drug-likeness (QED) is 0.402. The van der Waals surface area contributed by atoms with Crippen LogP contribution in [0.25, 0.3) is 0 Å². The maximum Gasteiger partial charge on any atom is 0.252 e. The van der Waals surface area contributed by atoms with Gasteiger partial charge in [0.15, 0.2) is 0 Å². The molecule has 4 fully saturated rings. The third kappa shape index (κ3) is 4.59. The lowest BCUT2D eigenvalue weighted by Gasteiger charge is -2.37. The summed E-state index contributed by atoms with van der Waals surface area (Å²) in [6, 6.07) is -0.252. The van der Waals surface area contributed by atoms with Gasteiger partial charge in [0.05, 0.1) is 6.07 Å². The number of nitrogens with one attached hydrogen (secondary N) is 3. The second kappa shape index (κ2) is 9.67. The third-order valence-corrected chi connectivity index (χ3v) is 9.40. The van der Waals surface area contributed by atoms with Gasteiger partial charge in [0, 0.05) is 26.1 Å². The Balaban J connectivity index is 1.38. The van der Waals surface area contributed by atoms with Gasteiger partial charge in [-0.05, 0) is 61.2 Å². The normalized spacial score (nSPS) is 33.8. The molecule has 8 atom stereocenters. The topological polar surface area (TPSA) is 141 Å². The molecule has 2 heterocycles. The SMILES string of the molecule is COC1(C(=O)N[C@H](C(=O)N2C[C@H]3[C@@H]([C@H]2C(=O)N[C@H](C#N)C[C@@H]2CCNC2=O)[C@H]2C=C[C@@H]3C2)C(C)(C)C)CC1.